The third-order valence-electron chi connectivity index (χ3n) is 4.00. The van der Waals surface area contributed by atoms with E-state index in [2.05, 4.69) is 15.3 Å². The van der Waals surface area contributed by atoms with Gasteiger partial charge in [0.25, 0.3) is 5.69 Å². The van der Waals surface area contributed by atoms with Crippen LogP contribution in [-0.4, -0.2) is 21.7 Å². The Balaban J connectivity index is 1.64. The molecule has 0 atom stereocenters. The summed E-state index contributed by atoms with van der Waals surface area (Å²) >= 11 is 0. The highest BCUT2D eigenvalue weighted by molar-refractivity contribution is 5.67. The maximum Gasteiger partial charge on any atom is 0.271 e. The smallest absolute Gasteiger partial charge is 0.271 e. The van der Waals surface area contributed by atoms with E-state index in [9.17, 15) is 10.1 Å². The Hall–Kier alpha value is -3.68. The number of aryl methyl sites for hydroxylation is 1. The SMILES string of the molecule is Cc1ccc([N+](=O)[O-])cc1Nc1nccc(-c2ccc3c(c2)OCO3)n1. The number of rotatable bonds is 4. The van der Waals surface area contributed by atoms with Gasteiger partial charge in [-0.05, 0) is 36.8 Å². The molecule has 4 rings (SSSR count). The molecule has 3 aromatic rings. The highest BCUT2D eigenvalue weighted by Crippen LogP contribution is 2.35. The fourth-order valence-corrected chi connectivity index (χ4v) is 2.61. The first kappa shape index (κ1) is 15.8. The van der Waals surface area contributed by atoms with Gasteiger partial charge in [-0.25, -0.2) is 9.97 Å². The predicted octanol–water partition coefficient (Wildman–Crippen LogP) is 3.83. The zero-order valence-electron chi connectivity index (χ0n) is 13.8. The van der Waals surface area contributed by atoms with Crippen molar-refractivity contribution in [1.82, 2.24) is 9.97 Å². The average molecular weight is 350 g/mol. The van der Waals surface area contributed by atoms with Crippen LogP contribution in [0, 0.1) is 17.0 Å². The zero-order chi connectivity index (χ0) is 18.1. The zero-order valence-corrected chi connectivity index (χ0v) is 13.8. The van der Waals surface area contributed by atoms with Crippen LogP contribution in [0.15, 0.2) is 48.7 Å². The number of nitrogens with zero attached hydrogens (tertiary/aromatic N) is 3. The Labute approximate surface area is 148 Å². The fourth-order valence-electron chi connectivity index (χ4n) is 2.61. The molecule has 26 heavy (non-hydrogen) atoms. The first-order valence-corrected chi connectivity index (χ1v) is 7.85. The van der Waals surface area contributed by atoms with Crippen LogP contribution < -0.4 is 14.8 Å². The van der Waals surface area contributed by atoms with Crippen LogP contribution in [0.2, 0.25) is 0 Å². The molecule has 0 unspecified atom stereocenters. The second-order valence-electron chi connectivity index (χ2n) is 5.71. The summed E-state index contributed by atoms with van der Waals surface area (Å²) in [6.45, 7) is 2.06. The van der Waals surface area contributed by atoms with Crippen LogP contribution in [0.4, 0.5) is 17.3 Å². The van der Waals surface area contributed by atoms with Crippen LogP contribution >= 0.6 is 0 Å². The van der Waals surface area contributed by atoms with Gasteiger partial charge >= 0.3 is 0 Å². The van der Waals surface area contributed by atoms with Gasteiger partial charge in [0.1, 0.15) is 0 Å². The molecule has 8 nitrogen and oxygen atoms in total. The van der Waals surface area contributed by atoms with Crippen molar-refractivity contribution < 1.29 is 14.4 Å². The van der Waals surface area contributed by atoms with Gasteiger partial charge in [-0.2, -0.15) is 0 Å². The molecule has 8 heteroatoms. The summed E-state index contributed by atoms with van der Waals surface area (Å²) in [5.41, 5.74) is 3.00. The third-order valence-corrected chi connectivity index (χ3v) is 4.00. The lowest BCUT2D eigenvalue weighted by molar-refractivity contribution is -0.384. The quantitative estimate of drug-likeness (QED) is 0.564. The lowest BCUT2D eigenvalue weighted by Gasteiger charge is -2.09. The van der Waals surface area contributed by atoms with Crippen molar-refractivity contribution in [1.29, 1.82) is 0 Å². The number of hydrogen-bond donors (Lipinski definition) is 1. The molecule has 130 valence electrons. The minimum absolute atomic E-state index is 0.00465. The lowest BCUT2D eigenvalue weighted by Crippen LogP contribution is -2.00. The molecule has 2 aromatic carbocycles. The van der Waals surface area contributed by atoms with Gasteiger partial charge in [-0.1, -0.05) is 6.07 Å². The number of fused-ring (bicyclic) bond motifs is 1. The summed E-state index contributed by atoms with van der Waals surface area (Å²) in [5, 5.41) is 14.0. The molecule has 1 N–H and O–H groups in total. The van der Waals surface area contributed by atoms with E-state index in [4.69, 9.17) is 9.47 Å². The fraction of sp³-hybridized carbons (Fsp3) is 0.111. The van der Waals surface area contributed by atoms with E-state index in [-0.39, 0.29) is 12.5 Å². The van der Waals surface area contributed by atoms with Gasteiger partial charge in [0.2, 0.25) is 12.7 Å². The van der Waals surface area contributed by atoms with E-state index in [1.807, 2.05) is 25.1 Å². The maximum absolute atomic E-state index is 11.0. The largest absolute Gasteiger partial charge is 0.454 e. The van der Waals surface area contributed by atoms with Crippen molar-refractivity contribution in [2.75, 3.05) is 12.1 Å². The first-order valence-electron chi connectivity index (χ1n) is 7.85. The molecular weight excluding hydrogens is 336 g/mol. The molecule has 0 amide bonds. The molecule has 0 fully saturated rings. The maximum atomic E-state index is 11.0. The minimum Gasteiger partial charge on any atom is -0.454 e. The second kappa shape index (κ2) is 6.32. The number of nitrogens with one attached hydrogen (secondary N) is 1. The van der Waals surface area contributed by atoms with Crippen molar-refractivity contribution in [3.05, 3.63) is 64.3 Å². The molecule has 0 saturated carbocycles. The molecular formula is C18H14N4O4. The van der Waals surface area contributed by atoms with Crippen molar-refractivity contribution in [3.8, 4) is 22.8 Å². The summed E-state index contributed by atoms with van der Waals surface area (Å²) in [6, 6.07) is 12.0. The topological polar surface area (TPSA) is 99.4 Å². The second-order valence-corrected chi connectivity index (χ2v) is 5.71. The van der Waals surface area contributed by atoms with Gasteiger partial charge < -0.3 is 14.8 Å². The number of anilines is 2. The van der Waals surface area contributed by atoms with Gasteiger partial charge in [-0.3, -0.25) is 10.1 Å². The summed E-state index contributed by atoms with van der Waals surface area (Å²) in [7, 11) is 0. The van der Waals surface area contributed by atoms with Crippen molar-refractivity contribution >= 4 is 17.3 Å². The molecule has 1 aliphatic heterocycles. The normalized spacial score (nSPS) is 12.0. The molecule has 0 aliphatic carbocycles. The van der Waals surface area contributed by atoms with Crippen LogP contribution in [0.25, 0.3) is 11.3 Å². The third kappa shape index (κ3) is 3.00. The Morgan fingerprint density at radius 1 is 1.12 bits per heavy atom. The van der Waals surface area contributed by atoms with Crippen LogP contribution in [0.3, 0.4) is 0 Å². The van der Waals surface area contributed by atoms with E-state index in [0.717, 1.165) is 11.1 Å². The Bertz CT molecular complexity index is 1010. The van der Waals surface area contributed by atoms with Gasteiger partial charge in [0.15, 0.2) is 11.5 Å². The Kier molecular flexibility index (Phi) is 3.85. The lowest BCUT2D eigenvalue weighted by atomic mass is 10.1. The van der Waals surface area contributed by atoms with E-state index >= 15 is 0 Å². The van der Waals surface area contributed by atoms with Crippen LogP contribution in [0.5, 0.6) is 11.5 Å². The number of benzene rings is 2. The molecule has 0 radical (unpaired) electrons. The Morgan fingerprint density at radius 3 is 2.81 bits per heavy atom. The number of aromatic nitrogens is 2. The number of nitro benzene ring substituents is 1. The van der Waals surface area contributed by atoms with Crippen LogP contribution in [0.1, 0.15) is 5.56 Å². The molecule has 1 aromatic heterocycles. The summed E-state index contributed by atoms with van der Waals surface area (Å²) in [6.07, 6.45) is 1.63. The average Bonchev–Trinajstić information content (AvgIpc) is 3.11. The van der Waals surface area contributed by atoms with Crippen molar-refractivity contribution in [2.45, 2.75) is 6.92 Å². The van der Waals surface area contributed by atoms with Gasteiger partial charge in [0.05, 0.1) is 16.3 Å². The molecule has 0 bridgehead atoms. The van der Waals surface area contributed by atoms with Crippen LogP contribution in [-0.2, 0) is 0 Å². The minimum atomic E-state index is -0.436. The first-order chi connectivity index (χ1) is 12.6. The van der Waals surface area contributed by atoms with E-state index in [1.54, 1.807) is 18.3 Å². The highest BCUT2D eigenvalue weighted by Gasteiger charge is 2.15. The van der Waals surface area contributed by atoms with Gasteiger partial charge in [-0.15, -0.1) is 0 Å². The molecule has 0 spiro atoms. The molecule has 0 saturated heterocycles. The monoisotopic (exact) mass is 350 g/mol. The Morgan fingerprint density at radius 2 is 1.96 bits per heavy atom. The van der Waals surface area contributed by atoms with Gasteiger partial charge in [0, 0.05) is 23.9 Å². The van der Waals surface area contributed by atoms with Crippen molar-refractivity contribution in [2.24, 2.45) is 0 Å². The van der Waals surface area contributed by atoms with E-state index in [0.29, 0.717) is 28.8 Å². The standard InChI is InChI=1S/C18H14N4O4/c1-11-2-4-13(22(23)24)9-15(11)21-18-19-7-6-14(20-18)12-3-5-16-17(8-12)26-10-25-16/h2-9H,10H2,1H3,(H,19,20,21). The summed E-state index contributed by atoms with van der Waals surface area (Å²) in [4.78, 5) is 19.2. The van der Waals surface area contributed by atoms with E-state index in [1.165, 1.54) is 12.1 Å². The predicted molar refractivity (Wildman–Crippen MR) is 94.7 cm³/mol. The summed E-state index contributed by atoms with van der Waals surface area (Å²) in [5.74, 6) is 1.72. The van der Waals surface area contributed by atoms with Crippen molar-refractivity contribution in [3.63, 3.8) is 0 Å². The summed E-state index contributed by atoms with van der Waals surface area (Å²) < 4.78 is 10.7. The number of nitro groups is 1. The highest BCUT2D eigenvalue weighted by atomic mass is 16.7. The number of ether oxygens (including phenoxy) is 2. The molecule has 2 heterocycles. The number of hydrogen-bond acceptors (Lipinski definition) is 7. The van der Waals surface area contributed by atoms with E-state index < -0.39 is 4.92 Å². The number of non-ortho nitro benzene ring substituents is 1. The molecule has 1 aliphatic rings.